The zero-order valence-electron chi connectivity index (χ0n) is 10.7. The molecule has 0 saturated carbocycles. The van der Waals surface area contributed by atoms with Crippen LogP contribution in [0.3, 0.4) is 0 Å². The van der Waals surface area contributed by atoms with Gasteiger partial charge in [-0.2, -0.15) is 13.2 Å². The molecule has 1 aromatic carbocycles. The topological polar surface area (TPSA) is 46.6 Å². The molecule has 0 N–H and O–H groups in total. The quantitative estimate of drug-likeness (QED) is 0.785. The molecule has 1 amide bonds. The molecule has 0 aliphatic carbocycles. The highest BCUT2D eigenvalue weighted by Crippen LogP contribution is 2.38. The maximum Gasteiger partial charge on any atom is 0.418 e. The van der Waals surface area contributed by atoms with Crippen LogP contribution in [0, 0.1) is 0 Å². The van der Waals surface area contributed by atoms with E-state index >= 15 is 0 Å². The molecule has 0 atom stereocenters. The van der Waals surface area contributed by atoms with Crippen LogP contribution in [0.15, 0.2) is 18.2 Å². The molecule has 108 valence electrons. The Bertz CT molecular complexity index is 554. The average molecular weight is 287 g/mol. The third kappa shape index (κ3) is 2.61. The number of carbonyl (C=O) groups is 2. The van der Waals surface area contributed by atoms with Crippen LogP contribution in [0.5, 0.6) is 0 Å². The number of carbonyl (C=O) groups excluding carboxylic acids is 2. The van der Waals surface area contributed by atoms with Gasteiger partial charge in [0, 0.05) is 13.0 Å². The second kappa shape index (κ2) is 5.15. The Balaban J connectivity index is 2.51. The van der Waals surface area contributed by atoms with Gasteiger partial charge in [-0.15, -0.1) is 0 Å². The van der Waals surface area contributed by atoms with Gasteiger partial charge in [0.25, 0.3) is 0 Å². The van der Waals surface area contributed by atoms with Gasteiger partial charge in [-0.1, -0.05) is 0 Å². The van der Waals surface area contributed by atoms with Gasteiger partial charge >= 0.3 is 12.1 Å². The van der Waals surface area contributed by atoms with Gasteiger partial charge in [0.05, 0.1) is 23.9 Å². The molecular weight excluding hydrogens is 275 g/mol. The van der Waals surface area contributed by atoms with E-state index in [1.807, 2.05) is 0 Å². The summed E-state index contributed by atoms with van der Waals surface area (Å²) in [6.07, 6.45) is -3.90. The van der Waals surface area contributed by atoms with Crippen molar-refractivity contribution in [3.63, 3.8) is 0 Å². The van der Waals surface area contributed by atoms with Crippen LogP contribution >= 0.6 is 0 Å². The highest BCUT2D eigenvalue weighted by Gasteiger charge is 2.37. The fraction of sp³-hybridized carbons (Fsp3) is 0.385. The summed E-state index contributed by atoms with van der Waals surface area (Å²) in [5, 5.41) is 0. The first-order chi connectivity index (χ1) is 9.34. The van der Waals surface area contributed by atoms with Crippen LogP contribution in [0.25, 0.3) is 0 Å². The molecule has 2 rings (SSSR count). The van der Waals surface area contributed by atoms with Crippen molar-refractivity contribution in [2.75, 3.05) is 18.6 Å². The van der Waals surface area contributed by atoms with Crippen LogP contribution in [-0.2, 0) is 15.7 Å². The smallest absolute Gasteiger partial charge is 0.418 e. The lowest BCUT2D eigenvalue weighted by molar-refractivity contribution is -0.137. The molecule has 1 aliphatic heterocycles. The third-order valence-corrected chi connectivity index (χ3v) is 3.09. The molecule has 20 heavy (non-hydrogen) atoms. The summed E-state index contributed by atoms with van der Waals surface area (Å²) in [6, 6.07) is 3.08. The Morgan fingerprint density at radius 2 is 2.05 bits per heavy atom. The van der Waals surface area contributed by atoms with Gasteiger partial charge in [-0.25, -0.2) is 4.79 Å². The summed E-state index contributed by atoms with van der Waals surface area (Å²) in [7, 11) is 1.09. The van der Waals surface area contributed by atoms with Crippen molar-refractivity contribution >= 4 is 17.6 Å². The van der Waals surface area contributed by atoms with Gasteiger partial charge in [0.1, 0.15) is 0 Å². The van der Waals surface area contributed by atoms with E-state index in [0.717, 1.165) is 18.1 Å². The Morgan fingerprint density at radius 3 is 2.55 bits per heavy atom. The molecule has 0 unspecified atom stereocenters. The van der Waals surface area contributed by atoms with Gasteiger partial charge in [0.2, 0.25) is 5.91 Å². The van der Waals surface area contributed by atoms with Crippen molar-refractivity contribution in [3.8, 4) is 0 Å². The number of methoxy groups -OCH3 is 1. The Morgan fingerprint density at radius 1 is 1.35 bits per heavy atom. The number of anilines is 1. The molecule has 1 fully saturated rings. The second-order valence-corrected chi connectivity index (χ2v) is 4.37. The van der Waals surface area contributed by atoms with E-state index in [1.54, 1.807) is 0 Å². The van der Waals surface area contributed by atoms with Crippen LogP contribution < -0.4 is 4.90 Å². The summed E-state index contributed by atoms with van der Waals surface area (Å²) in [5.41, 5.74) is -1.42. The lowest BCUT2D eigenvalue weighted by Crippen LogP contribution is -2.27. The van der Waals surface area contributed by atoms with Crippen molar-refractivity contribution in [3.05, 3.63) is 29.3 Å². The molecule has 7 heteroatoms. The van der Waals surface area contributed by atoms with Gasteiger partial charge in [-0.05, 0) is 24.6 Å². The van der Waals surface area contributed by atoms with E-state index < -0.39 is 17.7 Å². The summed E-state index contributed by atoms with van der Waals surface area (Å²) in [5.74, 6) is -1.20. The molecule has 0 aromatic heterocycles. The normalized spacial score (nSPS) is 15.6. The summed E-state index contributed by atoms with van der Waals surface area (Å²) < 4.78 is 43.7. The summed E-state index contributed by atoms with van der Waals surface area (Å²) in [6.45, 7) is 0.249. The SMILES string of the molecule is COC(=O)c1ccc(N2CCCC2=O)c(C(F)(F)F)c1. The van der Waals surface area contributed by atoms with Crippen molar-refractivity contribution in [1.29, 1.82) is 0 Å². The number of hydrogen-bond donors (Lipinski definition) is 0. The largest absolute Gasteiger partial charge is 0.465 e. The molecule has 4 nitrogen and oxygen atoms in total. The van der Waals surface area contributed by atoms with Crippen LogP contribution in [-0.4, -0.2) is 25.5 Å². The van der Waals surface area contributed by atoms with Crippen molar-refractivity contribution < 1.29 is 27.5 Å². The average Bonchev–Trinajstić information content (AvgIpc) is 2.82. The van der Waals surface area contributed by atoms with Gasteiger partial charge < -0.3 is 9.64 Å². The molecule has 0 bridgehead atoms. The molecule has 0 radical (unpaired) electrons. The number of nitrogens with zero attached hydrogens (tertiary/aromatic N) is 1. The standard InChI is InChI=1S/C13H12F3NO3/c1-20-12(19)8-4-5-10(9(7-8)13(14,15)16)17-6-2-3-11(17)18/h4-5,7H,2-3,6H2,1H3. The molecule has 1 saturated heterocycles. The predicted octanol–water partition coefficient (Wildman–Crippen LogP) is 2.62. The highest BCUT2D eigenvalue weighted by molar-refractivity contribution is 5.97. The number of halogens is 3. The van der Waals surface area contributed by atoms with Crippen molar-refractivity contribution in [2.45, 2.75) is 19.0 Å². The number of alkyl halides is 3. The zero-order valence-corrected chi connectivity index (χ0v) is 10.7. The minimum Gasteiger partial charge on any atom is -0.465 e. The van der Waals surface area contributed by atoms with Gasteiger partial charge in [-0.3, -0.25) is 4.79 Å². The lowest BCUT2D eigenvalue weighted by Gasteiger charge is -2.21. The van der Waals surface area contributed by atoms with E-state index in [4.69, 9.17) is 0 Å². The zero-order chi connectivity index (χ0) is 14.9. The number of hydrogen-bond acceptors (Lipinski definition) is 3. The summed E-state index contributed by atoms with van der Waals surface area (Å²) in [4.78, 5) is 24.0. The first-order valence-corrected chi connectivity index (χ1v) is 5.94. The molecular formula is C13H12F3NO3. The monoisotopic (exact) mass is 287 g/mol. The Hall–Kier alpha value is -2.05. The van der Waals surface area contributed by atoms with Crippen molar-refractivity contribution in [2.24, 2.45) is 0 Å². The molecule has 1 aromatic rings. The number of esters is 1. The number of rotatable bonds is 2. The highest BCUT2D eigenvalue weighted by atomic mass is 19.4. The van der Waals surface area contributed by atoms with Gasteiger partial charge in [0.15, 0.2) is 0 Å². The Labute approximate surface area is 113 Å². The third-order valence-electron chi connectivity index (χ3n) is 3.09. The van der Waals surface area contributed by atoms with E-state index in [0.29, 0.717) is 12.5 Å². The van der Waals surface area contributed by atoms with Crippen LogP contribution in [0.1, 0.15) is 28.8 Å². The van der Waals surface area contributed by atoms with Crippen molar-refractivity contribution in [1.82, 2.24) is 0 Å². The fourth-order valence-corrected chi connectivity index (χ4v) is 2.15. The predicted molar refractivity (Wildman–Crippen MR) is 64.4 cm³/mol. The maximum atomic E-state index is 13.1. The lowest BCUT2D eigenvalue weighted by atomic mass is 10.1. The van der Waals surface area contributed by atoms with Crippen LogP contribution in [0.2, 0.25) is 0 Å². The number of benzene rings is 1. The van der Waals surface area contributed by atoms with E-state index in [9.17, 15) is 22.8 Å². The minimum absolute atomic E-state index is 0.199. The van der Waals surface area contributed by atoms with Crippen LogP contribution in [0.4, 0.5) is 18.9 Å². The summed E-state index contributed by atoms with van der Waals surface area (Å²) >= 11 is 0. The molecule has 1 aliphatic rings. The first-order valence-electron chi connectivity index (χ1n) is 5.94. The van der Waals surface area contributed by atoms with E-state index in [1.165, 1.54) is 6.07 Å². The number of ether oxygens (including phenoxy) is 1. The molecule has 1 heterocycles. The maximum absolute atomic E-state index is 13.1. The van der Waals surface area contributed by atoms with E-state index in [2.05, 4.69) is 4.74 Å². The first kappa shape index (κ1) is 14.4. The minimum atomic E-state index is -4.65. The second-order valence-electron chi connectivity index (χ2n) is 4.37. The number of amides is 1. The molecule has 0 spiro atoms. The Kier molecular flexibility index (Phi) is 3.69. The van der Waals surface area contributed by atoms with E-state index in [-0.39, 0.29) is 30.1 Å². The fourth-order valence-electron chi connectivity index (χ4n) is 2.15.